The largest absolute Gasteiger partial charge is 0.445 e. The molecule has 0 saturated carbocycles. The predicted molar refractivity (Wildman–Crippen MR) is 68.8 cm³/mol. The number of alkyl halides is 3. The molecule has 0 amide bonds. The molecule has 0 aliphatic carbocycles. The van der Waals surface area contributed by atoms with Crippen LogP contribution in [-0.4, -0.2) is 10.2 Å². The molecule has 2 rings (SSSR count). The summed E-state index contributed by atoms with van der Waals surface area (Å²) in [5.41, 5.74) is 8.06. The van der Waals surface area contributed by atoms with E-state index in [0.29, 0.717) is 23.6 Å². The summed E-state index contributed by atoms with van der Waals surface area (Å²) in [6.07, 6.45) is -4.51. The topological polar surface area (TPSA) is 61.0 Å². The molecule has 0 spiro atoms. The van der Waals surface area contributed by atoms with Gasteiger partial charge in [0.05, 0.1) is 0 Å². The van der Waals surface area contributed by atoms with Gasteiger partial charge in [-0.15, -0.1) is 5.10 Å². The highest BCUT2D eigenvalue weighted by Gasteiger charge is 2.36. The van der Waals surface area contributed by atoms with E-state index < -0.39 is 11.2 Å². The average Bonchev–Trinajstić information content (AvgIpc) is 2.82. The van der Waals surface area contributed by atoms with E-state index in [1.165, 1.54) is 0 Å². The molecule has 0 fully saturated rings. The van der Waals surface area contributed by atoms with Crippen molar-refractivity contribution < 1.29 is 17.9 Å². The Morgan fingerprint density at radius 1 is 1.20 bits per heavy atom. The standard InChI is InChI=1S/C12H12F3N3OS/c1-6-3-8(5-16)4-7(2)9(6)19-11-18-17-10(20-11)12(13,14)15/h3-4H,5,16H2,1-2H3. The van der Waals surface area contributed by atoms with E-state index in [1.807, 2.05) is 12.1 Å². The molecule has 0 unspecified atom stereocenters. The van der Waals surface area contributed by atoms with Gasteiger partial charge in [0, 0.05) is 6.54 Å². The molecule has 0 bridgehead atoms. The van der Waals surface area contributed by atoms with Gasteiger partial charge in [0.1, 0.15) is 5.75 Å². The Hall–Kier alpha value is -1.67. The van der Waals surface area contributed by atoms with Crippen LogP contribution in [0.25, 0.3) is 0 Å². The number of nitrogens with two attached hydrogens (primary N) is 1. The van der Waals surface area contributed by atoms with Crippen molar-refractivity contribution in [3.8, 4) is 10.9 Å². The number of rotatable bonds is 3. The predicted octanol–water partition coefficient (Wildman–Crippen LogP) is 3.42. The Balaban J connectivity index is 2.29. The number of aryl methyl sites for hydroxylation is 2. The average molecular weight is 303 g/mol. The molecule has 2 N–H and O–H groups in total. The van der Waals surface area contributed by atoms with Crippen molar-refractivity contribution >= 4 is 11.3 Å². The molecule has 0 radical (unpaired) electrons. The van der Waals surface area contributed by atoms with Crippen molar-refractivity contribution in [3.05, 3.63) is 33.8 Å². The monoisotopic (exact) mass is 303 g/mol. The maximum atomic E-state index is 12.4. The SMILES string of the molecule is Cc1cc(CN)cc(C)c1Oc1nnc(C(F)(F)F)s1. The van der Waals surface area contributed by atoms with Gasteiger partial charge < -0.3 is 10.5 Å². The third-order valence-electron chi connectivity index (χ3n) is 2.59. The summed E-state index contributed by atoms with van der Waals surface area (Å²) in [6, 6.07) is 3.65. The Labute approximate surface area is 117 Å². The number of ether oxygens (including phenoxy) is 1. The van der Waals surface area contributed by atoms with Gasteiger partial charge in [-0.05, 0) is 30.5 Å². The summed E-state index contributed by atoms with van der Waals surface area (Å²) in [7, 11) is 0. The zero-order chi connectivity index (χ0) is 14.9. The Morgan fingerprint density at radius 2 is 1.80 bits per heavy atom. The van der Waals surface area contributed by atoms with Crippen LogP contribution in [-0.2, 0) is 12.7 Å². The highest BCUT2D eigenvalue weighted by Crippen LogP contribution is 2.37. The molecule has 0 saturated heterocycles. The first-order valence-corrected chi connectivity index (χ1v) is 6.51. The van der Waals surface area contributed by atoms with E-state index in [-0.39, 0.29) is 5.19 Å². The second kappa shape index (κ2) is 5.37. The normalized spacial score (nSPS) is 11.7. The molecule has 0 atom stereocenters. The lowest BCUT2D eigenvalue weighted by Crippen LogP contribution is -2.03. The Morgan fingerprint density at radius 3 is 2.25 bits per heavy atom. The number of hydrogen-bond donors (Lipinski definition) is 1. The molecule has 1 aromatic carbocycles. The van der Waals surface area contributed by atoms with E-state index in [9.17, 15) is 13.2 Å². The molecule has 20 heavy (non-hydrogen) atoms. The number of benzene rings is 1. The van der Waals surface area contributed by atoms with Crippen LogP contribution in [0.3, 0.4) is 0 Å². The first kappa shape index (κ1) is 14.7. The van der Waals surface area contributed by atoms with Gasteiger partial charge in [-0.2, -0.15) is 13.2 Å². The highest BCUT2D eigenvalue weighted by molar-refractivity contribution is 7.13. The molecular weight excluding hydrogens is 291 g/mol. The summed E-state index contributed by atoms with van der Waals surface area (Å²) < 4.78 is 42.7. The Kier molecular flexibility index (Phi) is 3.96. The minimum atomic E-state index is -4.51. The molecule has 4 nitrogen and oxygen atoms in total. The third kappa shape index (κ3) is 3.07. The lowest BCUT2D eigenvalue weighted by Gasteiger charge is -2.10. The first-order chi connectivity index (χ1) is 9.31. The molecular formula is C12H12F3N3OS. The molecule has 1 heterocycles. The molecule has 1 aromatic heterocycles. The number of hydrogen-bond acceptors (Lipinski definition) is 5. The van der Waals surface area contributed by atoms with E-state index in [1.54, 1.807) is 13.8 Å². The molecule has 0 aliphatic rings. The van der Waals surface area contributed by atoms with Crippen molar-refractivity contribution in [2.75, 3.05) is 0 Å². The zero-order valence-electron chi connectivity index (χ0n) is 10.8. The van der Waals surface area contributed by atoms with E-state index >= 15 is 0 Å². The number of nitrogens with zero attached hydrogens (tertiary/aromatic N) is 2. The van der Waals surface area contributed by atoms with Crippen LogP contribution in [0, 0.1) is 13.8 Å². The van der Waals surface area contributed by atoms with Crippen LogP contribution in [0.15, 0.2) is 12.1 Å². The van der Waals surface area contributed by atoms with Crippen LogP contribution < -0.4 is 10.5 Å². The lowest BCUT2D eigenvalue weighted by atomic mass is 10.1. The van der Waals surface area contributed by atoms with Crippen LogP contribution in [0.2, 0.25) is 0 Å². The number of halogens is 3. The van der Waals surface area contributed by atoms with Gasteiger partial charge in [0.15, 0.2) is 0 Å². The lowest BCUT2D eigenvalue weighted by molar-refractivity contribution is -0.138. The first-order valence-electron chi connectivity index (χ1n) is 5.70. The smallest absolute Gasteiger partial charge is 0.429 e. The molecule has 2 aromatic rings. The summed E-state index contributed by atoms with van der Waals surface area (Å²) in [6.45, 7) is 3.99. The van der Waals surface area contributed by atoms with Gasteiger partial charge in [0.25, 0.3) is 5.19 Å². The van der Waals surface area contributed by atoms with Crippen molar-refractivity contribution in [3.63, 3.8) is 0 Å². The fraction of sp³-hybridized carbons (Fsp3) is 0.333. The van der Waals surface area contributed by atoms with Gasteiger partial charge >= 0.3 is 6.18 Å². The van der Waals surface area contributed by atoms with Crippen LogP contribution in [0.5, 0.6) is 10.9 Å². The van der Waals surface area contributed by atoms with E-state index in [4.69, 9.17) is 10.5 Å². The molecule has 108 valence electrons. The highest BCUT2D eigenvalue weighted by atomic mass is 32.1. The van der Waals surface area contributed by atoms with Gasteiger partial charge in [0.2, 0.25) is 5.01 Å². The summed E-state index contributed by atoms with van der Waals surface area (Å²) in [4.78, 5) is 0. The van der Waals surface area contributed by atoms with Crippen molar-refractivity contribution in [1.82, 2.24) is 10.2 Å². The maximum Gasteiger partial charge on any atom is 0.445 e. The van der Waals surface area contributed by atoms with Crippen molar-refractivity contribution in [2.45, 2.75) is 26.6 Å². The third-order valence-corrected chi connectivity index (χ3v) is 3.44. The van der Waals surface area contributed by atoms with Crippen LogP contribution in [0.4, 0.5) is 13.2 Å². The maximum absolute atomic E-state index is 12.4. The summed E-state index contributed by atoms with van der Waals surface area (Å²) >= 11 is 0.368. The minimum absolute atomic E-state index is 0.135. The minimum Gasteiger partial charge on any atom is -0.429 e. The van der Waals surface area contributed by atoms with Gasteiger partial charge in [-0.25, -0.2) is 0 Å². The fourth-order valence-corrected chi connectivity index (χ4v) is 2.34. The van der Waals surface area contributed by atoms with E-state index in [2.05, 4.69) is 10.2 Å². The molecule has 0 aliphatic heterocycles. The van der Waals surface area contributed by atoms with Crippen LogP contribution >= 0.6 is 11.3 Å². The van der Waals surface area contributed by atoms with Crippen LogP contribution in [0.1, 0.15) is 21.7 Å². The second-order valence-corrected chi connectivity index (χ2v) is 5.18. The van der Waals surface area contributed by atoms with Crippen molar-refractivity contribution in [1.29, 1.82) is 0 Å². The zero-order valence-corrected chi connectivity index (χ0v) is 11.6. The summed E-state index contributed by atoms with van der Waals surface area (Å²) in [5.74, 6) is 0.479. The van der Waals surface area contributed by atoms with Gasteiger partial charge in [-0.1, -0.05) is 28.6 Å². The summed E-state index contributed by atoms with van der Waals surface area (Å²) in [5, 5.41) is 5.32. The quantitative estimate of drug-likeness (QED) is 0.943. The molecule has 8 heteroatoms. The van der Waals surface area contributed by atoms with Gasteiger partial charge in [-0.3, -0.25) is 0 Å². The van der Waals surface area contributed by atoms with E-state index in [0.717, 1.165) is 16.7 Å². The van der Waals surface area contributed by atoms with Crippen molar-refractivity contribution in [2.24, 2.45) is 5.73 Å². The number of aromatic nitrogens is 2. The second-order valence-electron chi connectivity index (χ2n) is 4.24. The fourth-order valence-electron chi connectivity index (χ4n) is 1.77. The Bertz CT molecular complexity index is 602.